The smallest absolute Gasteiger partial charge is 0.326 e. The number of amides is 1. The van der Waals surface area contributed by atoms with Crippen LogP contribution in [0, 0.1) is 0 Å². The Bertz CT molecular complexity index is 490. The van der Waals surface area contributed by atoms with Crippen molar-refractivity contribution < 1.29 is 14.7 Å². The fourth-order valence-corrected chi connectivity index (χ4v) is 2.75. The minimum Gasteiger partial charge on any atom is -0.480 e. The van der Waals surface area contributed by atoms with Gasteiger partial charge in [0, 0.05) is 31.4 Å². The van der Waals surface area contributed by atoms with Crippen LogP contribution in [-0.4, -0.2) is 46.5 Å². The van der Waals surface area contributed by atoms with Crippen LogP contribution in [-0.2, 0) is 9.59 Å². The first-order chi connectivity index (χ1) is 8.97. The molecule has 1 saturated heterocycles. The van der Waals surface area contributed by atoms with Crippen molar-refractivity contribution in [3.8, 4) is 0 Å². The molecule has 2 rings (SSSR count). The zero-order valence-electron chi connectivity index (χ0n) is 10.5. The normalized spacial score (nSPS) is 21.3. The van der Waals surface area contributed by atoms with Gasteiger partial charge in [-0.15, -0.1) is 11.3 Å². The molecule has 0 radical (unpaired) electrons. The van der Waals surface area contributed by atoms with Crippen LogP contribution in [0.5, 0.6) is 0 Å². The van der Waals surface area contributed by atoms with Gasteiger partial charge in [-0.2, -0.15) is 0 Å². The van der Waals surface area contributed by atoms with Crippen LogP contribution in [0.3, 0.4) is 0 Å². The number of rotatable bonds is 4. The molecule has 8 heteroatoms. The molecule has 1 aliphatic heterocycles. The third-order valence-electron chi connectivity index (χ3n) is 3.06. The maximum absolute atomic E-state index is 11.4. The average Bonchev–Trinajstić information content (AvgIpc) is 2.81. The van der Waals surface area contributed by atoms with Gasteiger partial charge in [0.2, 0.25) is 5.91 Å². The van der Waals surface area contributed by atoms with Crippen LogP contribution in [0.15, 0.2) is 5.38 Å². The molecule has 19 heavy (non-hydrogen) atoms. The summed E-state index contributed by atoms with van der Waals surface area (Å²) in [5, 5.41) is 14.3. The number of carboxylic acid groups (broad SMARTS) is 1. The van der Waals surface area contributed by atoms with Gasteiger partial charge in [0.1, 0.15) is 6.04 Å². The number of nitrogens with two attached hydrogens (primary N) is 1. The summed E-state index contributed by atoms with van der Waals surface area (Å²) in [6.07, 6.45) is 1.27. The van der Waals surface area contributed by atoms with Crippen LogP contribution < -0.4 is 11.1 Å². The first kappa shape index (κ1) is 13.8. The van der Waals surface area contributed by atoms with Crippen molar-refractivity contribution in [2.75, 3.05) is 18.9 Å². The zero-order chi connectivity index (χ0) is 14.0. The number of piperidine rings is 1. The standard InChI is InChI=1S/C11H16N4O3S/c1-15-4-6(2-3-8(15)16)13-11-14-7(5-19-11)9(12)10(17)18/h5-6,9H,2-4,12H2,1H3,(H,13,14)(H,17,18). The number of likely N-dealkylation sites (N-methyl/N-ethyl adjacent to an activating group) is 1. The minimum atomic E-state index is -1.10. The van der Waals surface area contributed by atoms with Crippen LogP contribution in [0.25, 0.3) is 0 Å². The van der Waals surface area contributed by atoms with Crippen molar-refractivity contribution in [3.05, 3.63) is 11.1 Å². The Labute approximate surface area is 114 Å². The average molecular weight is 284 g/mol. The van der Waals surface area contributed by atoms with Crippen LogP contribution in [0.2, 0.25) is 0 Å². The van der Waals surface area contributed by atoms with Crippen LogP contribution in [0.1, 0.15) is 24.6 Å². The molecule has 1 aliphatic rings. The molecule has 2 heterocycles. The fourth-order valence-electron chi connectivity index (χ4n) is 1.93. The van der Waals surface area contributed by atoms with Gasteiger partial charge in [0.05, 0.1) is 5.69 Å². The summed E-state index contributed by atoms with van der Waals surface area (Å²) in [6.45, 7) is 0.624. The number of likely N-dealkylation sites (tertiary alicyclic amines) is 1. The van der Waals surface area contributed by atoms with E-state index in [0.717, 1.165) is 6.42 Å². The summed E-state index contributed by atoms with van der Waals surface area (Å²) in [4.78, 5) is 28.0. The monoisotopic (exact) mass is 284 g/mol. The number of hydrogen-bond donors (Lipinski definition) is 3. The minimum absolute atomic E-state index is 0.141. The number of aromatic nitrogens is 1. The molecule has 0 aromatic carbocycles. The first-order valence-corrected chi connectivity index (χ1v) is 6.79. The van der Waals surface area contributed by atoms with Crippen molar-refractivity contribution >= 4 is 28.3 Å². The lowest BCUT2D eigenvalue weighted by Crippen LogP contribution is -2.43. The van der Waals surface area contributed by atoms with E-state index in [1.165, 1.54) is 11.3 Å². The number of nitrogens with one attached hydrogen (secondary N) is 1. The van der Waals surface area contributed by atoms with Crippen molar-refractivity contribution in [2.24, 2.45) is 5.73 Å². The van der Waals surface area contributed by atoms with E-state index in [4.69, 9.17) is 10.8 Å². The van der Waals surface area contributed by atoms with E-state index in [1.54, 1.807) is 17.3 Å². The number of carbonyl (C=O) groups is 2. The van der Waals surface area contributed by atoms with Crippen molar-refractivity contribution in [2.45, 2.75) is 24.9 Å². The number of thiazole rings is 1. The second kappa shape index (κ2) is 5.54. The third-order valence-corrected chi connectivity index (χ3v) is 3.85. The highest BCUT2D eigenvalue weighted by Gasteiger charge is 2.24. The predicted octanol–water partition coefficient (Wildman–Crippen LogP) is 0.260. The fraction of sp³-hybridized carbons (Fsp3) is 0.545. The van der Waals surface area contributed by atoms with Gasteiger partial charge < -0.3 is 21.1 Å². The summed E-state index contributed by atoms with van der Waals surface area (Å²) in [5.41, 5.74) is 5.84. The molecule has 0 saturated carbocycles. The molecule has 2 unspecified atom stereocenters. The van der Waals surface area contributed by atoms with Crippen molar-refractivity contribution in [1.29, 1.82) is 0 Å². The molecule has 4 N–H and O–H groups in total. The Kier molecular flexibility index (Phi) is 4.01. The topological polar surface area (TPSA) is 109 Å². The first-order valence-electron chi connectivity index (χ1n) is 5.91. The molecule has 104 valence electrons. The maximum Gasteiger partial charge on any atom is 0.326 e. The Balaban J connectivity index is 1.97. The van der Waals surface area contributed by atoms with E-state index in [1.807, 2.05) is 0 Å². The Hall–Kier alpha value is -1.67. The van der Waals surface area contributed by atoms with Crippen LogP contribution >= 0.6 is 11.3 Å². The van der Waals surface area contributed by atoms with Gasteiger partial charge in [-0.05, 0) is 6.42 Å². The second-order valence-electron chi connectivity index (χ2n) is 4.55. The van der Waals surface area contributed by atoms with Gasteiger partial charge in [-0.3, -0.25) is 9.59 Å². The predicted molar refractivity (Wildman–Crippen MR) is 71.0 cm³/mol. The number of nitrogens with zero attached hydrogens (tertiary/aromatic N) is 2. The van der Waals surface area contributed by atoms with Gasteiger partial charge in [-0.1, -0.05) is 0 Å². The SMILES string of the molecule is CN1CC(Nc2nc(C(N)C(=O)O)cs2)CCC1=O. The summed E-state index contributed by atoms with van der Waals surface area (Å²) in [6, 6.07) is -0.954. The van der Waals surface area contributed by atoms with E-state index in [2.05, 4.69) is 10.3 Å². The number of hydrogen-bond acceptors (Lipinski definition) is 6. The summed E-state index contributed by atoms with van der Waals surface area (Å²) in [7, 11) is 1.77. The number of aliphatic carboxylic acids is 1. The highest BCUT2D eigenvalue weighted by atomic mass is 32.1. The Morgan fingerprint density at radius 2 is 2.47 bits per heavy atom. The van der Waals surface area contributed by atoms with E-state index in [0.29, 0.717) is 23.8 Å². The molecule has 7 nitrogen and oxygen atoms in total. The molecule has 0 aliphatic carbocycles. The molecular weight excluding hydrogens is 268 g/mol. The molecule has 0 bridgehead atoms. The van der Waals surface area contributed by atoms with E-state index in [9.17, 15) is 9.59 Å². The molecule has 1 aromatic heterocycles. The lowest BCUT2D eigenvalue weighted by atomic mass is 10.1. The van der Waals surface area contributed by atoms with Gasteiger partial charge in [0.15, 0.2) is 5.13 Å². The summed E-state index contributed by atoms with van der Waals surface area (Å²) in [5.74, 6) is -0.953. The molecule has 1 fully saturated rings. The number of carboxylic acids is 1. The van der Waals surface area contributed by atoms with Gasteiger partial charge >= 0.3 is 5.97 Å². The van der Waals surface area contributed by atoms with Crippen molar-refractivity contribution in [1.82, 2.24) is 9.88 Å². The highest BCUT2D eigenvalue weighted by Crippen LogP contribution is 2.22. The quantitative estimate of drug-likeness (QED) is 0.732. The zero-order valence-corrected chi connectivity index (χ0v) is 11.3. The molecule has 1 amide bonds. The maximum atomic E-state index is 11.4. The van der Waals surface area contributed by atoms with E-state index < -0.39 is 12.0 Å². The summed E-state index contributed by atoms with van der Waals surface area (Å²) >= 11 is 1.32. The second-order valence-corrected chi connectivity index (χ2v) is 5.41. The van der Waals surface area contributed by atoms with E-state index in [-0.39, 0.29) is 11.9 Å². The highest BCUT2D eigenvalue weighted by molar-refractivity contribution is 7.13. The lowest BCUT2D eigenvalue weighted by molar-refractivity contribution is -0.138. The lowest BCUT2D eigenvalue weighted by Gasteiger charge is -2.29. The largest absolute Gasteiger partial charge is 0.480 e. The van der Waals surface area contributed by atoms with Gasteiger partial charge in [-0.25, -0.2) is 4.98 Å². The Morgan fingerprint density at radius 1 is 1.74 bits per heavy atom. The molecule has 0 spiro atoms. The van der Waals surface area contributed by atoms with E-state index >= 15 is 0 Å². The van der Waals surface area contributed by atoms with Crippen LogP contribution in [0.4, 0.5) is 5.13 Å². The number of carbonyl (C=O) groups excluding carboxylic acids is 1. The van der Waals surface area contributed by atoms with Gasteiger partial charge in [0.25, 0.3) is 0 Å². The molecule has 1 aromatic rings. The number of anilines is 1. The molecule has 2 atom stereocenters. The summed E-state index contributed by atoms with van der Waals surface area (Å²) < 4.78 is 0. The third kappa shape index (κ3) is 3.21. The van der Waals surface area contributed by atoms with Crippen molar-refractivity contribution in [3.63, 3.8) is 0 Å². The Morgan fingerprint density at radius 3 is 3.11 bits per heavy atom. The molecular formula is C11H16N4O3S.